The molecule has 0 fully saturated rings. The van der Waals surface area contributed by atoms with Gasteiger partial charge >= 0.3 is 6.29 Å². The Morgan fingerprint density at radius 2 is 1.76 bits per heavy atom. The van der Waals surface area contributed by atoms with Crippen LogP contribution in [-0.2, 0) is 23.4 Å². The number of aryl methyl sites for hydroxylation is 1. The summed E-state index contributed by atoms with van der Waals surface area (Å²) in [5.41, 5.74) is 3.27. The molecule has 0 saturated carbocycles. The minimum Gasteiger partial charge on any atom is -0.395 e. The average molecular weight is 502 g/mol. The number of carbonyl (C=O) groups excluding carboxylic acids is 1. The summed E-state index contributed by atoms with van der Waals surface area (Å²) in [6.45, 7) is 3.85. The van der Waals surface area contributed by atoms with Gasteiger partial charge in [-0.2, -0.15) is 0 Å². The molecule has 0 amide bonds. The van der Waals surface area contributed by atoms with E-state index in [-0.39, 0.29) is 36.4 Å². The van der Waals surface area contributed by atoms with E-state index >= 15 is 0 Å². The van der Waals surface area contributed by atoms with Gasteiger partial charge in [0, 0.05) is 34.6 Å². The van der Waals surface area contributed by atoms with Crippen LogP contribution in [0.25, 0.3) is 33.4 Å². The molecule has 0 radical (unpaired) electrons. The predicted molar refractivity (Wildman–Crippen MR) is 130 cm³/mol. The van der Waals surface area contributed by atoms with E-state index in [9.17, 15) is 23.5 Å². The lowest BCUT2D eigenvalue weighted by Crippen LogP contribution is -2.31. The SMILES string of the molecule is CCC1(O)C(=O)Cc2c1cc1n(c2=O)Cc2c-1nc1cc3c(cc1c2-c1ccc(C)cc1)OC(F)(F)O3. The molecule has 4 aromatic rings. The average Bonchev–Trinajstić information content (AvgIpc) is 3.46. The molecule has 1 unspecified atom stereocenters. The fourth-order valence-corrected chi connectivity index (χ4v) is 5.75. The molecule has 0 spiro atoms. The van der Waals surface area contributed by atoms with Crippen molar-refractivity contribution in [2.75, 3.05) is 0 Å². The second-order valence-corrected chi connectivity index (χ2v) is 9.79. The number of rotatable bonds is 2. The minimum atomic E-state index is -3.77. The number of aliphatic hydroxyl groups is 1. The van der Waals surface area contributed by atoms with Gasteiger partial charge in [-0.05, 0) is 36.6 Å². The van der Waals surface area contributed by atoms with Crippen LogP contribution in [-0.4, -0.2) is 26.7 Å². The Kier molecular flexibility index (Phi) is 4.19. The minimum absolute atomic E-state index is 0.0919. The van der Waals surface area contributed by atoms with E-state index in [1.165, 1.54) is 12.1 Å². The molecular formula is C28H20F2N2O5. The van der Waals surface area contributed by atoms with Crippen LogP contribution in [0.4, 0.5) is 8.78 Å². The number of carbonyl (C=O) groups is 1. The highest BCUT2D eigenvalue weighted by molar-refractivity contribution is 6.02. The molecule has 1 atom stereocenters. The number of Topliss-reactive ketones (excluding diaryl/α,β-unsaturated/α-hetero) is 1. The van der Waals surface area contributed by atoms with Crippen LogP contribution in [0, 0.1) is 6.92 Å². The van der Waals surface area contributed by atoms with E-state index < -0.39 is 17.7 Å². The van der Waals surface area contributed by atoms with Crippen LogP contribution in [0.5, 0.6) is 11.5 Å². The molecule has 4 heterocycles. The van der Waals surface area contributed by atoms with Crippen molar-refractivity contribution in [3.63, 3.8) is 0 Å². The summed E-state index contributed by atoms with van der Waals surface area (Å²) in [7, 11) is 0. The summed E-state index contributed by atoms with van der Waals surface area (Å²) < 4.78 is 38.6. The number of nitrogens with zero attached hydrogens (tertiary/aromatic N) is 2. The molecule has 37 heavy (non-hydrogen) atoms. The molecule has 0 bridgehead atoms. The third-order valence-electron chi connectivity index (χ3n) is 7.66. The number of halogens is 2. The largest absolute Gasteiger partial charge is 0.586 e. The van der Waals surface area contributed by atoms with E-state index in [4.69, 9.17) is 9.72 Å². The smallest absolute Gasteiger partial charge is 0.395 e. The van der Waals surface area contributed by atoms with E-state index in [1.54, 1.807) is 17.6 Å². The zero-order chi connectivity index (χ0) is 25.9. The molecular weight excluding hydrogens is 482 g/mol. The lowest BCUT2D eigenvalue weighted by molar-refractivity contribution is -0.286. The zero-order valence-electron chi connectivity index (χ0n) is 19.9. The van der Waals surface area contributed by atoms with Crippen molar-refractivity contribution in [3.8, 4) is 34.0 Å². The van der Waals surface area contributed by atoms with Gasteiger partial charge < -0.3 is 19.1 Å². The topological polar surface area (TPSA) is 90.7 Å². The number of ether oxygens (including phenoxy) is 2. The standard InChI is InChI=1S/C28H20F2N2O5/c1-3-27(35)18-10-20-25-17(12-32(20)26(34)15(18)9-23(27)33)24(14-6-4-13(2)5-7-14)16-8-21-22(11-19(16)31-25)37-28(29,30)36-21/h4-8,10-11,35H,3,9,12H2,1-2H3. The van der Waals surface area contributed by atoms with Crippen LogP contribution >= 0.6 is 0 Å². The van der Waals surface area contributed by atoms with Crippen LogP contribution in [0.3, 0.4) is 0 Å². The van der Waals surface area contributed by atoms with Crippen molar-refractivity contribution in [2.45, 2.75) is 45.1 Å². The molecule has 3 aliphatic rings. The van der Waals surface area contributed by atoms with E-state index in [1.807, 2.05) is 31.2 Å². The fourth-order valence-electron chi connectivity index (χ4n) is 5.75. The Bertz CT molecular complexity index is 1760. The van der Waals surface area contributed by atoms with Gasteiger partial charge in [0.15, 0.2) is 17.3 Å². The number of aromatic nitrogens is 2. The molecule has 9 heteroatoms. The van der Waals surface area contributed by atoms with Crippen molar-refractivity contribution in [2.24, 2.45) is 0 Å². The van der Waals surface area contributed by atoms with E-state index in [2.05, 4.69) is 4.74 Å². The van der Waals surface area contributed by atoms with Gasteiger partial charge in [0.25, 0.3) is 5.56 Å². The van der Waals surface area contributed by atoms with Gasteiger partial charge in [-0.1, -0.05) is 36.8 Å². The van der Waals surface area contributed by atoms with Gasteiger partial charge in [0.05, 0.1) is 23.4 Å². The molecule has 2 aromatic carbocycles. The monoisotopic (exact) mass is 502 g/mol. The van der Waals surface area contributed by atoms with Crippen molar-refractivity contribution in [1.29, 1.82) is 0 Å². The maximum atomic E-state index is 13.8. The van der Waals surface area contributed by atoms with Gasteiger partial charge in [-0.15, -0.1) is 8.78 Å². The number of pyridine rings is 2. The fraction of sp³-hybridized carbons (Fsp3) is 0.250. The maximum absolute atomic E-state index is 13.8. The van der Waals surface area contributed by atoms with Gasteiger partial charge in [0.2, 0.25) is 0 Å². The first-order valence-corrected chi connectivity index (χ1v) is 12.0. The summed E-state index contributed by atoms with van der Waals surface area (Å²) in [6, 6.07) is 12.3. The predicted octanol–water partition coefficient (Wildman–Crippen LogP) is 4.44. The highest BCUT2D eigenvalue weighted by Gasteiger charge is 2.47. The van der Waals surface area contributed by atoms with Gasteiger partial charge in [-0.25, -0.2) is 4.98 Å². The van der Waals surface area contributed by atoms with E-state index in [0.717, 1.165) is 22.3 Å². The summed E-state index contributed by atoms with van der Waals surface area (Å²) in [5.74, 6) is -0.618. The second kappa shape index (κ2) is 7.01. The highest BCUT2D eigenvalue weighted by atomic mass is 19.3. The Labute approximate surface area is 208 Å². The first-order chi connectivity index (χ1) is 17.6. The van der Waals surface area contributed by atoms with Crippen LogP contribution in [0.1, 0.15) is 35.6 Å². The van der Waals surface area contributed by atoms with Crippen molar-refractivity contribution < 1.29 is 28.2 Å². The molecule has 186 valence electrons. The molecule has 1 N–H and O–H groups in total. The summed E-state index contributed by atoms with van der Waals surface area (Å²) >= 11 is 0. The van der Waals surface area contributed by atoms with Crippen molar-refractivity contribution in [1.82, 2.24) is 9.55 Å². The molecule has 2 aromatic heterocycles. The molecule has 1 aliphatic carbocycles. The molecule has 7 rings (SSSR count). The third-order valence-corrected chi connectivity index (χ3v) is 7.66. The first kappa shape index (κ1) is 22.1. The van der Waals surface area contributed by atoms with Gasteiger partial charge in [-0.3, -0.25) is 9.59 Å². The molecule has 2 aliphatic heterocycles. The Balaban J connectivity index is 1.54. The number of alkyl halides is 2. The summed E-state index contributed by atoms with van der Waals surface area (Å²) in [5, 5.41) is 11.7. The number of fused-ring (bicyclic) bond motifs is 6. The number of benzene rings is 2. The number of ketones is 1. The number of hydrogen-bond acceptors (Lipinski definition) is 6. The molecule has 0 saturated heterocycles. The summed E-state index contributed by atoms with van der Waals surface area (Å²) in [4.78, 5) is 30.9. The van der Waals surface area contributed by atoms with Crippen LogP contribution < -0.4 is 15.0 Å². The second-order valence-electron chi connectivity index (χ2n) is 9.79. The quantitative estimate of drug-likeness (QED) is 0.384. The Morgan fingerprint density at radius 1 is 1.05 bits per heavy atom. The van der Waals surface area contributed by atoms with Crippen molar-refractivity contribution >= 4 is 16.7 Å². The first-order valence-electron chi connectivity index (χ1n) is 12.0. The number of hydrogen-bond donors (Lipinski definition) is 1. The lowest BCUT2D eigenvalue weighted by atomic mass is 9.91. The normalized spacial score (nSPS) is 20.3. The Morgan fingerprint density at radius 3 is 2.46 bits per heavy atom. The molecule has 7 nitrogen and oxygen atoms in total. The summed E-state index contributed by atoms with van der Waals surface area (Å²) in [6.07, 6.45) is -3.75. The lowest BCUT2D eigenvalue weighted by Gasteiger charge is -2.20. The van der Waals surface area contributed by atoms with Crippen molar-refractivity contribution in [3.05, 3.63) is 75.1 Å². The van der Waals surface area contributed by atoms with Gasteiger partial charge in [0.1, 0.15) is 5.60 Å². The van der Waals surface area contributed by atoms with Crippen LogP contribution in [0.15, 0.2) is 47.3 Å². The third kappa shape index (κ3) is 2.91. The zero-order valence-corrected chi connectivity index (χ0v) is 19.9. The Hall–Kier alpha value is -4.11. The highest BCUT2D eigenvalue weighted by Crippen LogP contribution is 2.48. The van der Waals surface area contributed by atoms with Crippen LogP contribution in [0.2, 0.25) is 0 Å². The maximum Gasteiger partial charge on any atom is 0.586 e. The van der Waals surface area contributed by atoms with E-state index in [0.29, 0.717) is 33.4 Å².